The summed E-state index contributed by atoms with van der Waals surface area (Å²) in [6.45, 7) is 0. The van der Waals surface area contributed by atoms with E-state index < -0.39 is 10.0 Å². The van der Waals surface area contributed by atoms with Crippen LogP contribution in [0.25, 0.3) is 0 Å². The van der Waals surface area contributed by atoms with E-state index in [9.17, 15) is 8.42 Å². The molecule has 0 spiro atoms. The first-order valence-electron chi connectivity index (χ1n) is 8.79. The fourth-order valence-electron chi connectivity index (χ4n) is 4.76. The van der Waals surface area contributed by atoms with Gasteiger partial charge in [0.2, 0.25) is 10.0 Å². The van der Waals surface area contributed by atoms with Crippen molar-refractivity contribution in [1.82, 2.24) is 4.72 Å². The van der Waals surface area contributed by atoms with Gasteiger partial charge in [0, 0.05) is 6.04 Å². The van der Waals surface area contributed by atoms with Crippen molar-refractivity contribution in [2.45, 2.75) is 62.3 Å². The zero-order chi connectivity index (χ0) is 16.0. The Morgan fingerprint density at radius 3 is 2.43 bits per heavy atom. The van der Waals surface area contributed by atoms with Gasteiger partial charge in [0.1, 0.15) is 10.6 Å². The fraction of sp³-hybridized carbons (Fsp3) is 0.667. The van der Waals surface area contributed by atoms with Crippen LogP contribution in [0.4, 0.5) is 0 Å². The van der Waals surface area contributed by atoms with Gasteiger partial charge >= 0.3 is 0 Å². The number of sulfonamides is 1. The van der Waals surface area contributed by atoms with Gasteiger partial charge in [0.25, 0.3) is 0 Å². The van der Waals surface area contributed by atoms with Crippen LogP contribution in [0.2, 0.25) is 0 Å². The van der Waals surface area contributed by atoms with E-state index in [2.05, 4.69) is 4.72 Å². The lowest BCUT2D eigenvalue weighted by Gasteiger charge is -2.24. The Hall–Kier alpha value is -1.07. The van der Waals surface area contributed by atoms with Crippen LogP contribution in [0.1, 0.15) is 49.7 Å². The molecule has 3 aliphatic rings. The van der Waals surface area contributed by atoms with Gasteiger partial charge in [-0.05, 0) is 80.0 Å². The maximum Gasteiger partial charge on any atom is 0.244 e. The highest BCUT2D eigenvalue weighted by Gasteiger charge is 2.41. The Labute approximate surface area is 138 Å². The molecule has 3 atom stereocenters. The van der Waals surface area contributed by atoms with Crippen LogP contribution in [-0.2, 0) is 22.9 Å². The second-order valence-electron chi connectivity index (χ2n) is 7.38. The van der Waals surface area contributed by atoms with Crippen LogP contribution in [0, 0.1) is 11.8 Å². The Balaban J connectivity index is 1.65. The average Bonchev–Trinajstić information content (AvgIpc) is 3.16. The van der Waals surface area contributed by atoms with Gasteiger partial charge in [-0.3, -0.25) is 0 Å². The summed E-state index contributed by atoms with van der Waals surface area (Å²) in [6.07, 6.45) is 8.92. The second kappa shape index (κ2) is 5.78. The molecule has 0 radical (unpaired) electrons. The summed E-state index contributed by atoms with van der Waals surface area (Å²) in [4.78, 5) is 0.323. The summed E-state index contributed by atoms with van der Waals surface area (Å²) < 4.78 is 34.3. The minimum absolute atomic E-state index is 0.111. The van der Waals surface area contributed by atoms with Crippen molar-refractivity contribution in [3.8, 4) is 5.75 Å². The third-order valence-corrected chi connectivity index (χ3v) is 7.47. The van der Waals surface area contributed by atoms with Crippen molar-refractivity contribution in [1.29, 1.82) is 0 Å². The molecule has 1 aromatic carbocycles. The van der Waals surface area contributed by atoms with Crippen molar-refractivity contribution in [3.63, 3.8) is 0 Å². The van der Waals surface area contributed by atoms with Gasteiger partial charge in [-0.25, -0.2) is 13.1 Å². The molecule has 126 valence electrons. The number of benzene rings is 1. The lowest BCUT2D eigenvalue weighted by atomic mass is 9.92. The van der Waals surface area contributed by atoms with E-state index in [4.69, 9.17) is 4.74 Å². The summed E-state index contributed by atoms with van der Waals surface area (Å²) in [7, 11) is -1.96. The van der Waals surface area contributed by atoms with Gasteiger partial charge in [-0.2, -0.15) is 0 Å². The molecular weight excluding hydrogens is 310 g/mol. The van der Waals surface area contributed by atoms with Crippen molar-refractivity contribution < 1.29 is 13.2 Å². The van der Waals surface area contributed by atoms with Gasteiger partial charge < -0.3 is 4.74 Å². The third kappa shape index (κ3) is 2.78. The SMILES string of the molecule is COc1cc2c(cc1S(=O)(=O)N[C@H]1C[C@H]3CC[C@@H]1C3)CCCC2. The standard InChI is InChI=1S/C18H25NO3S/c1-22-17-10-13-4-2-3-5-14(13)11-18(17)23(20,21)19-16-9-12-6-7-15(16)8-12/h10-12,15-16,19H,2-9H2,1H3/t12-,15+,16-/m0/s1. The fourth-order valence-corrected chi connectivity index (χ4v) is 6.28. The van der Waals surface area contributed by atoms with Gasteiger partial charge in [0.05, 0.1) is 7.11 Å². The van der Waals surface area contributed by atoms with E-state index in [1.165, 1.54) is 36.8 Å². The molecule has 0 aliphatic heterocycles. The zero-order valence-electron chi connectivity index (χ0n) is 13.7. The highest BCUT2D eigenvalue weighted by Crippen LogP contribution is 2.45. The van der Waals surface area contributed by atoms with Crippen LogP contribution in [0.15, 0.2) is 17.0 Å². The Morgan fingerprint density at radius 1 is 1.09 bits per heavy atom. The highest BCUT2D eigenvalue weighted by atomic mass is 32.2. The normalized spacial score (nSPS) is 29.5. The van der Waals surface area contributed by atoms with Crippen molar-refractivity contribution in [3.05, 3.63) is 23.3 Å². The maximum absolute atomic E-state index is 12.9. The molecule has 2 fully saturated rings. The largest absolute Gasteiger partial charge is 0.495 e. The van der Waals surface area contributed by atoms with E-state index >= 15 is 0 Å². The molecule has 0 saturated heterocycles. The smallest absolute Gasteiger partial charge is 0.244 e. The summed E-state index contributed by atoms with van der Waals surface area (Å²) in [5.41, 5.74) is 2.41. The molecule has 4 nitrogen and oxygen atoms in total. The van der Waals surface area contributed by atoms with Gasteiger partial charge in [-0.1, -0.05) is 6.42 Å². The molecule has 0 unspecified atom stereocenters. The number of hydrogen-bond acceptors (Lipinski definition) is 3. The minimum Gasteiger partial charge on any atom is -0.495 e. The highest BCUT2D eigenvalue weighted by molar-refractivity contribution is 7.89. The molecular formula is C18H25NO3S. The molecule has 0 amide bonds. The lowest BCUT2D eigenvalue weighted by Crippen LogP contribution is -2.38. The maximum atomic E-state index is 12.9. The van der Waals surface area contributed by atoms with Crippen LogP contribution in [-0.4, -0.2) is 21.6 Å². The summed E-state index contributed by atoms with van der Waals surface area (Å²) >= 11 is 0. The summed E-state index contributed by atoms with van der Waals surface area (Å²) in [5.74, 6) is 1.73. The Morgan fingerprint density at radius 2 is 1.83 bits per heavy atom. The Bertz CT molecular complexity index is 713. The van der Waals surface area contributed by atoms with Gasteiger partial charge in [0.15, 0.2) is 0 Å². The van der Waals surface area contributed by atoms with Crippen molar-refractivity contribution in [2.75, 3.05) is 7.11 Å². The monoisotopic (exact) mass is 335 g/mol. The van der Waals surface area contributed by atoms with Crippen LogP contribution < -0.4 is 9.46 Å². The topological polar surface area (TPSA) is 55.4 Å². The number of rotatable bonds is 4. The molecule has 2 bridgehead atoms. The molecule has 1 aromatic rings. The average molecular weight is 335 g/mol. The lowest BCUT2D eigenvalue weighted by molar-refractivity contribution is 0.385. The molecule has 0 aromatic heterocycles. The minimum atomic E-state index is -3.52. The first-order valence-corrected chi connectivity index (χ1v) is 10.3. The van der Waals surface area contributed by atoms with Crippen molar-refractivity contribution in [2.24, 2.45) is 11.8 Å². The van der Waals surface area contributed by atoms with Crippen molar-refractivity contribution >= 4 is 10.0 Å². The molecule has 5 heteroatoms. The molecule has 23 heavy (non-hydrogen) atoms. The number of fused-ring (bicyclic) bond motifs is 3. The number of ether oxygens (including phenoxy) is 1. The molecule has 1 N–H and O–H groups in total. The van der Waals surface area contributed by atoms with Crippen LogP contribution in [0.3, 0.4) is 0 Å². The molecule has 3 aliphatic carbocycles. The number of hydrogen-bond donors (Lipinski definition) is 1. The first kappa shape index (κ1) is 15.5. The molecule has 4 rings (SSSR count). The zero-order valence-corrected chi connectivity index (χ0v) is 14.5. The predicted molar refractivity (Wildman–Crippen MR) is 89.2 cm³/mol. The molecule has 2 saturated carbocycles. The summed E-state index contributed by atoms with van der Waals surface area (Å²) in [6, 6.07) is 3.90. The first-order chi connectivity index (χ1) is 11.1. The van der Waals surface area contributed by atoms with Crippen LogP contribution >= 0.6 is 0 Å². The quantitative estimate of drug-likeness (QED) is 0.920. The van der Waals surface area contributed by atoms with E-state index in [1.807, 2.05) is 12.1 Å². The van der Waals surface area contributed by atoms with E-state index in [1.54, 1.807) is 7.11 Å². The Kier molecular flexibility index (Phi) is 3.88. The number of aryl methyl sites for hydroxylation is 2. The summed E-state index contributed by atoms with van der Waals surface area (Å²) in [5, 5.41) is 0. The predicted octanol–water partition coefficient (Wildman–Crippen LogP) is 3.04. The third-order valence-electron chi connectivity index (χ3n) is 5.96. The van der Waals surface area contributed by atoms with Gasteiger partial charge in [-0.15, -0.1) is 0 Å². The van der Waals surface area contributed by atoms with Crippen LogP contribution in [0.5, 0.6) is 5.75 Å². The number of methoxy groups -OCH3 is 1. The second-order valence-corrected chi connectivity index (χ2v) is 9.06. The van der Waals surface area contributed by atoms with E-state index in [0.29, 0.717) is 16.6 Å². The number of nitrogens with one attached hydrogen (secondary N) is 1. The van der Waals surface area contributed by atoms with E-state index in [-0.39, 0.29) is 6.04 Å². The molecule has 0 heterocycles. The van der Waals surface area contributed by atoms with E-state index in [0.717, 1.165) is 31.6 Å².